The van der Waals surface area contributed by atoms with Gasteiger partial charge >= 0.3 is 12.1 Å². The van der Waals surface area contributed by atoms with Crippen LogP contribution in [0, 0.1) is 0 Å². The van der Waals surface area contributed by atoms with Crippen molar-refractivity contribution in [3.63, 3.8) is 0 Å². The maximum Gasteiger partial charge on any atom is 0.408 e. The lowest BCUT2D eigenvalue weighted by Gasteiger charge is -2.22. The van der Waals surface area contributed by atoms with E-state index in [0.717, 1.165) is 5.56 Å². The van der Waals surface area contributed by atoms with Crippen LogP contribution in [0.2, 0.25) is 0 Å². The Balaban J connectivity index is 2.63. The first kappa shape index (κ1) is 18.7. The van der Waals surface area contributed by atoms with E-state index in [0.29, 0.717) is 0 Å². The minimum atomic E-state index is -1.06. The van der Waals surface area contributed by atoms with Crippen LogP contribution >= 0.6 is 0 Å². The first-order valence-corrected chi connectivity index (χ1v) is 7.37. The quantitative estimate of drug-likeness (QED) is 0.814. The van der Waals surface area contributed by atoms with Gasteiger partial charge in [0.05, 0.1) is 0 Å². The summed E-state index contributed by atoms with van der Waals surface area (Å²) >= 11 is 0. The molecule has 1 aromatic rings. The molecule has 0 unspecified atom stereocenters. The summed E-state index contributed by atoms with van der Waals surface area (Å²) in [4.78, 5) is 35.2. The Hall–Kier alpha value is -2.37. The van der Waals surface area contributed by atoms with Crippen molar-refractivity contribution in [1.29, 1.82) is 0 Å². The number of hydrogen-bond acceptors (Lipinski definition) is 5. The fraction of sp³-hybridized carbons (Fsp3) is 0.471. The van der Waals surface area contributed by atoms with E-state index in [4.69, 9.17) is 9.47 Å². The molecule has 6 heteroatoms. The Bertz CT molecular complexity index is 548. The van der Waals surface area contributed by atoms with Crippen molar-refractivity contribution in [1.82, 2.24) is 5.32 Å². The zero-order chi connectivity index (χ0) is 17.5. The average molecular weight is 321 g/mol. The number of amides is 1. The van der Waals surface area contributed by atoms with Crippen molar-refractivity contribution in [2.24, 2.45) is 0 Å². The van der Waals surface area contributed by atoms with Gasteiger partial charge in [0.1, 0.15) is 24.0 Å². The molecule has 1 atom stereocenters. The first-order chi connectivity index (χ1) is 10.7. The predicted octanol–water partition coefficient (Wildman–Crippen LogP) is 2.60. The van der Waals surface area contributed by atoms with Gasteiger partial charge in [0.2, 0.25) is 0 Å². The van der Waals surface area contributed by atoms with E-state index in [9.17, 15) is 14.4 Å². The molecule has 0 saturated carbocycles. The van der Waals surface area contributed by atoms with Crippen LogP contribution in [0.1, 0.15) is 39.7 Å². The van der Waals surface area contributed by atoms with Gasteiger partial charge < -0.3 is 14.8 Å². The molecule has 0 saturated heterocycles. The number of alkyl carbamates (subject to hydrolysis) is 1. The van der Waals surface area contributed by atoms with E-state index in [2.05, 4.69) is 5.32 Å². The number of esters is 1. The van der Waals surface area contributed by atoms with E-state index < -0.39 is 23.7 Å². The maximum absolute atomic E-state index is 12.1. The average Bonchev–Trinajstić information content (AvgIpc) is 2.42. The molecule has 0 aromatic heterocycles. The molecule has 0 aliphatic rings. The third-order valence-corrected chi connectivity index (χ3v) is 2.69. The number of hydrogen-bond donors (Lipinski definition) is 1. The van der Waals surface area contributed by atoms with Gasteiger partial charge in [0, 0.05) is 6.42 Å². The summed E-state index contributed by atoms with van der Waals surface area (Å²) in [6.07, 6.45) is -0.909. The van der Waals surface area contributed by atoms with E-state index in [1.165, 1.54) is 6.92 Å². The SMILES string of the molecule is CC(=O)C[C@H](NC(=O)OC(C)(C)C)C(=O)OCc1ccccc1. The summed E-state index contributed by atoms with van der Waals surface area (Å²) in [6, 6.07) is 8.08. The molecule has 0 bridgehead atoms. The minimum absolute atomic E-state index is 0.0735. The third-order valence-electron chi connectivity index (χ3n) is 2.69. The topological polar surface area (TPSA) is 81.7 Å². The smallest absolute Gasteiger partial charge is 0.408 e. The summed E-state index contributed by atoms with van der Waals surface area (Å²) in [6.45, 7) is 6.54. The van der Waals surface area contributed by atoms with Crippen LogP contribution in [0.3, 0.4) is 0 Å². The molecule has 1 aromatic carbocycles. The lowest BCUT2D eigenvalue weighted by Crippen LogP contribution is -2.45. The standard InChI is InChI=1S/C17H23NO5/c1-12(19)10-14(18-16(21)23-17(2,3)4)15(20)22-11-13-8-6-5-7-9-13/h5-9,14H,10-11H2,1-4H3,(H,18,21)/t14-/m0/s1. The van der Waals surface area contributed by atoms with Crippen LogP contribution in [0.25, 0.3) is 0 Å². The van der Waals surface area contributed by atoms with Gasteiger partial charge in [-0.25, -0.2) is 9.59 Å². The third kappa shape index (κ3) is 7.99. The highest BCUT2D eigenvalue weighted by atomic mass is 16.6. The highest BCUT2D eigenvalue weighted by Crippen LogP contribution is 2.08. The van der Waals surface area contributed by atoms with Gasteiger partial charge in [-0.05, 0) is 33.3 Å². The van der Waals surface area contributed by atoms with Crippen molar-refractivity contribution in [3.8, 4) is 0 Å². The van der Waals surface area contributed by atoms with Crippen LogP contribution in [0.5, 0.6) is 0 Å². The fourth-order valence-corrected chi connectivity index (χ4v) is 1.76. The van der Waals surface area contributed by atoms with Crippen molar-refractivity contribution in [3.05, 3.63) is 35.9 Å². The predicted molar refractivity (Wildman–Crippen MR) is 84.7 cm³/mol. The molecule has 0 aliphatic carbocycles. The molecule has 126 valence electrons. The minimum Gasteiger partial charge on any atom is -0.459 e. The lowest BCUT2D eigenvalue weighted by atomic mass is 10.1. The summed E-state index contributed by atoms with van der Waals surface area (Å²) < 4.78 is 10.3. The second-order valence-corrected chi connectivity index (χ2v) is 6.20. The molecule has 1 rings (SSSR count). The molecule has 6 nitrogen and oxygen atoms in total. The molecule has 0 aliphatic heterocycles. The number of nitrogens with one attached hydrogen (secondary N) is 1. The normalized spacial score (nSPS) is 12.2. The highest BCUT2D eigenvalue weighted by molar-refractivity contribution is 5.87. The van der Waals surface area contributed by atoms with Crippen LogP contribution in [0.4, 0.5) is 4.79 Å². The molecule has 1 N–H and O–H groups in total. The van der Waals surface area contributed by atoms with Gasteiger partial charge in [-0.3, -0.25) is 4.79 Å². The number of ether oxygens (including phenoxy) is 2. The molecular formula is C17H23NO5. The molecular weight excluding hydrogens is 298 g/mol. The highest BCUT2D eigenvalue weighted by Gasteiger charge is 2.26. The van der Waals surface area contributed by atoms with Crippen molar-refractivity contribution in [2.45, 2.75) is 52.4 Å². The fourth-order valence-electron chi connectivity index (χ4n) is 1.76. The zero-order valence-electron chi connectivity index (χ0n) is 13.9. The Morgan fingerprint density at radius 2 is 1.74 bits per heavy atom. The molecule has 0 radical (unpaired) electrons. The number of ketones is 1. The molecule has 1 amide bonds. The van der Waals surface area contributed by atoms with Gasteiger partial charge in [-0.15, -0.1) is 0 Å². The van der Waals surface area contributed by atoms with E-state index in [1.54, 1.807) is 20.8 Å². The zero-order valence-corrected chi connectivity index (χ0v) is 13.9. The Morgan fingerprint density at radius 3 is 2.26 bits per heavy atom. The molecule has 23 heavy (non-hydrogen) atoms. The monoisotopic (exact) mass is 321 g/mol. The van der Waals surface area contributed by atoms with E-state index >= 15 is 0 Å². The number of carbonyl (C=O) groups excluding carboxylic acids is 3. The number of Topliss-reactive ketones (excluding diaryl/α,β-unsaturated/α-hetero) is 1. The van der Waals surface area contributed by atoms with Crippen molar-refractivity contribution < 1.29 is 23.9 Å². The Kier molecular flexibility index (Phi) is 6.75. The van der Waals surface area contributed by atoms with Crippen LogP contribution in [-0.2, 0) is 25.7 Å². The Morgan fingerprint density at radius 1 is 1.13 bits per heavy atom. The van der Waals surface area contributed by atoms with Gasteiger partial charge in [0.15, 0.2) is 0 Å². The number of benzene rings is 1. The maximum atomic E-state index is 12.1. The summed E-state index contributed by atoms with van der Waals surface area (Å²) in [5.74, 6) is -0.905. The number of carbonyl (C=O) groups is 3. The first-order valence-electron chi connectivity index (χ1n) is 7.37. The van der Waals surface area contributed by atoms with Gasteiger partial charge in [-0.1, -0.05) is 30.3 Å². The van der Waals surface area contributed by atoms with Crippen molar-refractivity contribution in [2.75, 3.05) is 0 Å². The summed E-state index contributed by atoms with van der Waals surface area (Å²) in [7, 11) is 0. The van der Waals surface area contributed by atoms with E-state index in [-0.39, 0.29) is 18.8 Å². The largest absolute Gasteiger partial charge is 0.459 e. The van der Waals surface area contributed by atoms with Crippen molar-refractivity contribution >= 4 is 17.8 Å². The molecule has 0 heterocycles. The molecule has 0 spiro atoms. The summed E-state index contributed by atoms with van der Waals surface area (Å²) in [5, 5.41) is 2.38. The lowest BCUT2D eigenvalue weighted by molar-refractivity contribution is -0.148. The molecule has 0 fully saturated rings. The second kappa shape index (κ2) is 8.31. The van der Waals surface area contributed by atoms with Gasteiger partial charge in [-0.2, -0.15) is 0 Å². The Labute approximate surface area is 136 Å². The van der Waals surface area contributed by atoms with Gasteiger partial charge in [0.25, 0.3) is 0 Å². The summed E-state index contributed by atoms with van der Waals surface area (Å²) in [5.41, 5.74) is 0.124. The van der Waals surface area contributed by atoms with Crippen LogP contribution in [0.15, 0.2) is 30.3 Å². The second-order valence-electron chi connectivity index (χ2n) is 6.20. The van der Waals surface area contributed by atoms with E-state index in [1.807, 2.05) is 30.3 Å². The number of rotatable bonds is 6. The van der Waals surface area contributed by atoms with Crippen LogP contribution < -0.4 is 5.32 Å². The van der Waals surface area contributed by atoms with Crippen LogP contribution in [-0.4, -0.2) is 29.5 Å².